The van der Waals surface area contributed by atoms with E-state index >= 15 is 0 Å². The molecule has 0 bridgehead atoms. The van der Waals surface area contributed by atoms with Crippen LogP contribution in [0.2, 0.25) is 0 Å². The molecule has 0 amide bonds. The molecule has 0 aliphatic carbocycles. The van der Waals surface area contributed by atoms with Crippen LogP contribution in [0.15, 0.2) is 47.5 Å². The standard InChI is InChI=1S/C19H18N2O3/c1-12(21-19-15-5-3-2-4-14(15)11-20-19)18(22)13-6-7-16-17(10-13)24-9-8-23-16/h2-7,10,12H,8-9,11H2,1H3,(H,20,21). The fourth-order valence-corrected chi connectivity index (χ4v) is 2.98. The van der Waals surface area contributed by atoms with Crippen molar-refractivity contribution in [2.45, 2.75) is 19.5 Å². The van der Waals surface area contributed by atoms with Gasteiger partial charge in [0.1, 0.15) is 19.0 Å². The van der Waals surface area contributed by atoms with Crippen LogP contribution in [0.3, 0.4) is 0 Å². The molecule has 1 unspecified atom stereocenters. The van der Waals surface area contributed by atoms with Crippen LogP contribution in [0.1, 0.15) is 28.4 Å². The maximum absolute atomic E-state index is 12.7. The highest BCUT2D eigenvalue weighted by molar-refractivity contribution is 6.07. The van der Waals surface area contributed by atoms with Crippen molar-refractivity contribution < 1.29 is 14.3 Å². The number of rotatable bonds is 3. The molecular formula is C19H18N2O3. The Morgan fingerprint density at radius 2 is 1.92 bits per heavy atom. The van der Waals surface area contributed by atoms with Crippen molar-refractivity contribution in [3.05, 3.63) is 59.2 Å². The van der Waals surface area contributed by atoms with E-state index in [0.717, 1.165) is 11.4 Å². The Balaban J connectivity index is 1.51. The molecule has 0 saturated heterocycles. The van der Waals surface area contributed by atoms with Crippen LogP contribution in [0.4, 0.5) is 0 Å². The summed E-state index contributed by atoms with van der Waals surface area (Å²) in [5, 5.41) is 3.24. The van der Waals surface area contributed by atoms with Crippen molar-refractivity contribution in [2.24, 2.45) is 4.99 Å². The Morgan fingerprint density at radius 3 is 2.79 bits per heavy atom. The lowest BCUT2D eigenvalue weighted by Gasteiger charge is -2.20. The lowest BCUT2D eigenvalue weighted by atomic mass is 10.0. The van der Waals surface area contributed by atoms with Gasteiger partial charge < -0.3 is 14.8 Å². The number of hydrogen-bond acceptors (Lipinski definition) is 5. The van der Waals surface area contributed by atoms with E-state index in [1.54, 1.807) is 18.2 Å². The van der Waals surface area contributed by atoms with Crippen molar-refractivity contribution in [1.82, 2.24) is 5.32 Å². The highest BCUT2D eigenvalue weighted by Crippen LogP contribution is 2.31. The topological polar surface area (TPSA) is 59.9 Å². The smallest absolute Gasteiger partial charge is 0.184 e. The molecule has 2 heterocycles. The van der Waals surface area contributed by atoms with Crippen molar-refractivity contribution in [3.63, 3.8) is 0 Å². The molecule has 0 fully saturated rings. The van der Waals surface area contributed by atoms with E-state index < -0.39 is 0 Å². The minimum Gasteiger partial charge on any atom is -0.486 e. The normalized spacial score (nSPS) is 16.1. The molecule has 2 aliphatic heterocycles. The van der Waals surface area contributed by atoms with Gasteiger partial charge in [-0.15, -0.1) is 0 Å². The number of Topliss-reactive ketones (excluding diaryl/α,β-unsaturated/α-hetero) is 1. The maximum Gasteiger partial charge on any atom is 0.184 e. The first kappa shape index (κ1) is 14.8. The molecule has 2 aromatic carbocycles. The molecule has 0 saturated carbocycles. The lowest BCUT2D eigenvalue weighted by molar-refractivity contribution is 0.0958. The Morgan fingerprint density at radius 1 is 1.12 bits per heavy atom. The van der Waals surface area contributed by atoms with Gasteiger partial charge in [-0.05, 0) is 30.7 Å². The summed E-state index contributed by atoms with van der Waals surface area (Å²) < 4.78 is 11.0. The predicted octanol–water partition coefficient (Wildman–Crippen LogP) is 2.58. The molecule has 0 aromatic heterocycles. The number of carbonyl (C=O) groups is 1. The number of nitrogens with one attached hydrogen (secondary N) is 1. The maximum atomic E-state index is 12.7. The van der Waals surface area contributed by atoms with Crippen LogP contribution in [0.5, 0.6) is 11.5 Å². The second-order valence-electron chi connectivity index (χ2n) is 5.91. The fraction of sp³-hybridized carbons (Fsp3) is 0.263. The molecule has 122 valence electrons. The second-order valence-corrected chi connectivity index (χ2v) is 5.91. The third-order valence-corrected chi connectivity index (χ3v) is 4.25. The Kier molecular flexibility index (Phi) is 3.69. The molecule has 1 atom stereocenters. The van der Waals surface area contributed by atoms with Crippen molar-refractivity contribution in [2.75, 3.05) is 13.2 Å². The Labute approximate surface area is 140 Å². The molecule has 2 aromatic rings. The average molecular weight is 322 g/mol. The highest BCUT2D eigenvalue weighted by Gasteiger charge is 2.22. The molecule has 2 aliphatic rings. The summed E-state index contributed by atoms with van der Waals surface area (Å²) in [5.41, 5.74) is 2.85. The third kappa shape index (κ3) is 2.62. The molecule has 24 heavy (non-hydrogen) atoms. The molecule has 0 radical (unpaired) electrons. The zero-order chi connectivity index (χ0) is 16.5. The number of ketones is 1. The Bertz CT molecular complexity index is 829. The van der Waals surface area contributed by atoms with Crippen LogP contribution in [-0.4, -0.2) is 30.9 Å². The number of fused-ring (bicyclic) bond motifs is 2. The molecule has 1 N–H and O–H groups in total. The van der Waals surface area contributed by atoms with E-state index in [9.17, 15) is 4.79 Å². The van der Waals surface area contributed by atoms with E-state index in [-0.39, 0.29) is 11.8 Å². The zero-order valence-electron chi connectivity index (χ0n) is 13.4. The van der Waals surface area contributed by atoms with E-state index in [2.05, 4.69) is 16.4 Å². The predicted molar refractivity (Wildman–Crippen MR) is 91.0 cm³/mol. The van der Waals surface area contributed by atoms with Gasteiger partial charge in [0, 0.05) is 11.1 Å². The Hall–Kier alpha value is -2.82. The summed E-state index contributed by atoms with van der Waals surface area (Å²) in [4.78, 5) is 17.2. The number of benzene rings is 2. The number of carbonyl (C=O) groups excluding carboxylic acids is 1. The molecule has 4 rings (SSSR count). The molecular weight excluding hydrogens is 304 g/mol. The van der Waals surface area contributed by atoms with E-state index in [0.29, 0.717) is 36.8 Å². The summed E-state index contributed by atoms with van der Waals surface area (Å²) in [6, 6.07) is 13.0. The molecule has 0 spiro atoms. The first-order valence-corrected chi connectivity index (χ1v) is 8.05. The van der Waals surface area contributed by atoms with Gasteiger partial charge in [0.25, 0.3) is 0 Å². The lowest BCUT2D eigenvalue weighted by Crippen LogP contribution is -2.38. The van der Waals surface area contributed by atoms with E-state index in [1.807, 2.05) is 25.1 Å². The zero-order valence-corrected chi connectivity index (χ0v) is 13.4. The van der Waals surface area contributed by atoms with Gasteiger partial charge in [0.05, 0.1) is 12.6 Å². The van der Waals surface area contributed by atoms with Gasteiger partial charge in [0.15, 0.2) is 17.3 Å². The van der Waals surface area contributed by atoms with Gasteiger partial charge >= 0.3 is 0 Å². The molecule has 5 heteroatoms. The quantitative estimate of drug-likeness (QED) is 0.883. The van der Waals surface area contributed by atoms with Crippen molar-refractivity contribution in [3.8, 4) is 11.5 Å². The largest absolute Gasteiger partial charge is 0.486 e. The summed E-state index contributed by atoms with van der Waals surface area (Å²) in [6.07, 6.45) is 0. The van der Waals surface area contributed by atoms with Crippen LogP contribution in [-0.2, 0) is 6.54 Å². The van der Waals surface area contributed by atoms with Crippen LogP contribution >= 0.6 is 0 Å². The summed E-state index contributed by atoms with van der Waals surface area (Å²) in [6.45, 7) is 3.55. The number of ether oxygens (including phenoxy) is 2. The van der Waals surface area contributed by atoms with Crippen molar-refractivity contribution >= 4 is 11.6 Å². The fourth-order valence-electron chi connectivity index (χ4n) is 2.98. The van der Waals surface area contributed by atoms with Crippen molar-refractivity contribution in [1.29, 1.82) is 0 Å². The number of nitrogens with zero attached hydrogens (tertiary/aromatic N) is 1. The summed E-state index contributed by atoms with van der Waals surface area (Å²) in [5.74, 6) is 2.10. The molecule has 5 nitrogen and oxygen atoms in total. The minimum absolute atomic E-state index is 0.000875. The van der Waals surface area contributed by atoms with Gasteiger partial charge in [-0.3, -0.25) is 9.79 Å². The minimum atomic E-state index is -0.377. The first-order chi connectivity index (χ1) is 11.7. The van der Waals surface area contributed by atoms with Crippen LogP contribution < -0.4 is 14.8 Å². The second kappa shape index (κ2) is 6.00. The SMILES string of the molecule is CC(NC1=NCc2ccccc21)C(=O)c1ccc2c(c1)OCCO2. The summed E-state index contributed by atoms with van der Waals surface area (Å²) >= 11 is 0. The van der Waals surface area contributed by atoms with Crippen LogP contribution in [0, 0.1) is 0 Å². The van der Waals surface area contributed by atoms with E-state index in [1.165, 1.54) is 5.56 Å². The first-order valence-electron chi connectivity index (χ1n) is 8.05. The van der Waals surface area contributed by atoms with Gasteiger partial charge in [0.2, 0.25) is 0 Å². The third-order valence-electron chi connectivity index (χ3n) is 4.25. The number of aliphatic imine (C=N–C) groups is 1. The average Bonchev–Trinajstić information content (AvgIpc) is 3.03. The number of hydrogen-bond donors (Lipinski definition) is 1. The van der Waals surface area contributed by atoms with Crippen LogP contribution in [0.25, 0.3) is 0 Å². The van der Waals surface area contributed by atoms with Gasteiger partial charge in [-0.2, -0.15) is 0 Å². The highest BCUT2D eigenvalue weighted by atomic mass is 16.6. The van der Waals surface area contributed by atoms with Gasteiger partial charge in [-0.1, -0.05) is 24.3 Å². The summed E-state index contributed by atoms with van der Waals surface area (Å²) in [7, 11) is 0. The van der Waals surface area contributed by atoms with Gasteiger partial charge in [-0.25, -0.2) is 0 Å². The van der Waals surface area contributed by atoms with E-state index in [4.69, 9.17) is 9.47 Å². The number of amidine groups is 1. The monoisotopic (exact) mass is 322 g/mol.